The second-order valence-electron chi connectivity index (χ2n) is 4.89. The lowest BCUT2D eigenvalue weighted by Gasteiger charge is -2.13. The van der Waals surface area contributed by atoms with Crippen molar-refractivity contribution in [2.45, 2.75) is 34.6 Å². The summed E-state index contributed by atoms with van der Waals surface area (Å²) in [5.74, 6) is 1.45. The van der Waals surface area contributed by atoms with E-state index in [1.807, 2.05) is 51.2 Å². The summed E-state index contributed by atoms with van der Waals surface area (Å²) in [5.41, 5.74) is 3.23. The van der Waals surface area contributed by atoms with Gasteiger partial charge >= 0.3 is 0 Å². The van der Waals surface area contributed by atoms with E-state index in [-0.39, 0.29) is 0 Å². The van der Waals surface area contributed by atoms with Crippen LogP contribution in [-0.2, 0) is 0 Å². The van der Waals surface area contributed by atoms with Gasteiger partial charge in [-0.1, -0.05) is 52.0 Å². The minimum Gasteiger partial charge on any atom is -0.493 e. The largest absolute Gasteiger partial charge is 0.493 e. The minimum absolute atomic E-state index is 0.522. The molecular weight excluding hydrogens is 246 g/mol. The van der Waals surface area contributed by atoms with Crippen LogP contribution in [0.15, 0.2) is 42.6 Å². The standard InChI is InChI=1S/C16H19NO.C2H6/c1-12(2)11-18-16-7-5-4-6-15(16)14-9-8-13(3)17-10-14;1-2/h4-10,12H,11H2,1-3H3;1-2H3. The first-order chi connectivity index (χ1) is 9.66. The number of hydrogen-bond donors (Lipinski definition) is 0. The molecule has 0 atom stereocenters. The highest BCUT2D eigenvalue weighted by Gasteiger charge is 2.06. The highest BCUT2D eigenvalue weighted by Crippen LogP contribution is 2.29. The van der Waals surface area contributed by atoms with Crippen molar-refractivity contribution in [3.05, 3.63) is 48.3 Å². The Bertz CT molecular complexity index is 503. The fraction of sp³-hybridized carbons (Fsp3) is 0.389. The van der Waals surface area contributed by atoms with Gasteiger partial charge in [-0.3, -0.25) is 4.98 Å². The Labute approximate surface area is 122 Å². The SMILES string of the molecule is CC.Cc1ccc(-c2ccccc2OCC(C)C)cn1. The van der Waals surface area contributed by atoms with Crippen LogP contribution in [0.5, 0.6) is 5.75 Å². The highest BCUT2D eigenvalue weighted by molar-refractivity contribution is 5.69. The maximum atomic E-state index is 5.86. The summed E-state index contributed by atoms with van der Waals surface area (Å²) >= 11 is 0. The molecule has 1 aromatic heterocycles. The molecule has 0 amide bonds. The monoisotopic (exact) mass is 271 g/mol. The highest BCUT2D eigenvalue weighted by atomic mass is 16.5. The van der Waals surface area contributed by atoms with Crippen molar-refractivity contribution in [2.24, 2.45) is 5.92 Å². The maximum absolute atomic E-state index is 5.86. The van der Waals surface area contributed by atoms with E-state index in [0.29, 0.717) is 5.92 Å². The first-order valence-electron chi connectivity index (χ1n) is 7.31. The van der Waals surface area contributed by atoms with E-state index in [1.54, 1.807) is 0 Å². The van der Waals surface area contributed by atoms with Crippen molar-refractivity contribution in [2.75, 3.05) is 6.61 Å². The predicted octanol–water partition coefficient (Wildman–Crippen LogP) is 5.12. The van der Waals surface area contributed by atoms with Gasteiger partial charge < -0.3 is 4.74 Å². The van der Waals surface area contributed by atoms with Crippen LogP contribution in [0, 0.1) is 12.8 Å². The van der Waals surface area contributed by atoms with Crippen molar-refractivity contribution in [3.8, 4) is 16.9 Å². The number of para-hydroxylation sites is 1. The fourth-order valence-electron chi connectivity index (χ4n) is 1.71. The van der Waals surface area contributed by atoms with E-state index in [1.165, 1.54) is 0 Å². The summed E-state index contributed by atoms with van der Waals surface area (Å²) in [4.78, 5) is 4.34. The Hall–Kier alpha value is -1.83. The van der Waals surface area contributed by atoms with E-state index >= 15 is 0 Å². The third-order valence-electron chi connectivity index (χ3n) is 2.68. The Morgan fingerprint density at radius 3 is 2.35 bits per heavy atom. The van der Waals surface area contributed by atoms with E-state index in [9.17, 15) is 0 Å². The van der Waals surface area contributed by atoms with Crippen molar-refractivity contribution in [1.82, 2.24) is 4.98 Å². The molecule has 0 radical (unpaired) electrons. The summed E-state index contributed by atoms with van der Waals surface area (Å²) in [5, 5.41) is 0. The lowest BCUT2D eigenvalue weighted by Crippen LogP contribution is -2.05. The summed E-state index contributed by atoms with van der Waals surface area (Å²) in [6.07, 6.45) is 1.90. The molecule has 0 N–H and O–H groups in total. The normalized spacial score (nSPS) is 9.90. The molecule has 0 saturated heterocycles. The topological polar surface area (TPSA) is 22.1 Å². The second kappa shape index (κ2) is 8.36. The summed E-state index contributed by atoms with van der Waals surface area (Å²) in [6.45, 7) is 11.0. The zero-order chi connectivity index (χ0) is 15.0. The van der Waals surface area contributed by atoms with Crippen LogP contribution in [0.1, 0.15) is 33.4 Å². The molecule has 2 nitrogen and oxygen atoms in total. The van der Waals surface area contributed by atoms with Gasteiger partial charge in [-0.05, 0) is 25.0 Å². The molecule has 1 heterocycles. The Morgan fingerprint density at radius 2 is 1.75 bits per heavy atom. The number of pyridine rings is 1. The fourth-order valence-corrected chi connectivity index (χ4v) is 1.71. The lowest BCUT2D eigenvalue weighted by molar-refractivity contribution is 0.272. The lowest BCUT2D eigenvalue weighted by atomic mass is 10.1. The third-order valence-corrected chi connectivity index (χ3v) is 2.68. The first kappa shape index (κ1) is 16.2. The van der Waals surface area contributed by atoms with Crippen molar-refractivity contribution < 1.29 is 4.74 Å². The number of hydrogen-bond acceptors (Lipinski definition) is 2. The summed E-state index contributed by atoms with van der Waals surface area (Å²) in [6, 6.07) is 12.2. The van der Waals surface area contributed by atoms with E-state index in [2.05, 4.69) is 31.0 Å². The first-order valence-corrected chi connectivity index (χ1v) is 7.31. The van der Waals surface area contributed by atoms with Gasteiger partial charge in [0.2, 0.25) is 0 Å². The molecule has 0 fully saturated rings. The molecule has 2 heteroatoms. The molecule has 0 unspecified atom stereocenters. The number of rotatable bonds is 4. The molecule has 20 heavy (non-hydrogen) atoms. The quantitative estimate of drug-likeness (QED) is 0.770. The molecule has 0 bridgehead atoms. The molecule has 0 aliphatic rings. The van der Waals surface area contributed by atoms with E-state index in [4.69, 9.17) is 4.74 Å². The number of aromatic nitrogens is 1. The number of aryl methyl sites for hydroxylation is 1. The molecular formula is C18H25NO. The number of benzene rings is 1. The van der Waals surface area contributed by atoms with Crippen molar-refractivity contribution in [1.29, 1.82) is 0 Å². The molecule has 0 aliphatic carbocycles. The Balaban J connectivity index is 0.000000956. The summed E-state index contributed by atoms with van der Waals surface area (Å²) in [7, 11) is 0. The zero-order valence-electron chi connectivity index (χ0n) is 13.2. The smallest absolute Gasteiger partial charge is 0.127 e. The molecule has 0 saturated carbocycles. The summed E-state index contributed by atoms with van der Waals surface area (Å²) < 4.78 is 5.86. The molecule has 108 valence electrons. The third kappa shape index (κ3) is 4.69. The van der Waals surface area contributed by atoms with E-state index in [0.717, 1.165) is 29.2 Å². The molecule has 0 spiro atoms. The Kier molecular flexibility index (Phi) is 6.78. The van der Waals surface area contributed by atoms with Gasteiger partial charge in [-0.2, -0.15) is 0 Å². The van der Waals surface area contributed by atoms with Crippen LogP contribution >= 0.6 is 0 Å². The van der Waals surface area contributed by atoms with Crippen LogP contribution in [0.2, 0.25) is 0 Å². The average Bonchev–Trinajstić information content (AvgIpc) is 2.48. The van der Waals surface area contributed by atoms with Crippen molar-refractivity contribution >= 4 is 0 Å². The van der Waals surface area contributed by atoms with Crippen LogP contribution in [0.25, 0.3) is 11.1 Å². The van der Waals surface area contributed by atoms with Crippen LogP contribution in [0.4, 0.5) is 0 Å². The van der Waals surface area contributed by atoms with Gasteiger partial charge in [0.15, 0.2) is 0 Å². The maximum Gasteiger partial charge on any atom is 0.127 e. The second-order valence-corrected chi connectivity index (χ2v) is 4.89. The predicted molar refractivity (Wildman–Crippen MR) is 86.1 cm³/mol. The van der Waals surface area contributed by atoms with Gasteiger partial charge in [0.05, 0.1) is 6.61 Å². The average molecular weight is 271 g/mol. The van der Waals surface area contributed by atoms with Crippen LogP contribution in [-0.4, -0.2) is 11.6 Å². The van der Waals surface area contributed by atoms with E-state index < -0.39 is 0 Å². The number of ether oxygens (including phenoxy) is 1. The molecule has 1 aromatic carbocycles. The van der Waals surface area contributed by atoms with Crippen LogP contribution < -0.4 is 4.74 Å². The Morgan fingerprint density at radius 1 is 1.05 bits per heavy atom. The van der Waals surface area contributed by atoms with Crippen molar-refractivity contribution in [3.63, 3.8) is 0 Å². The van der Waals surface area contributed by atoms with Gasteiger partial charge in [0, 0.05) is 23.0 Å². The molecule has 0 aliphatic heterocycles. The minimum atomic E-state index is 0.522. The van der Waals surface area contributed by atoms with Crippen LogP contribution in [0.3, 0.4) is 0 Å². The number of nitrogens with zero attached hydrogens (tertiary/aromatic N) is 1. The van der Waals surface area contributed by atoms with Gasteiger partial charge in [0.1, 0.15) is 5.75 Å². The molecule has 2 aromatic rings. The van der Waals surface area contributed by atoms with Gasteiger partial charge in [-0.25, -0.2) is 0 Å². The molecule has 2 rings (SSSR count). The van der Waals surface area contributed by atoms with Gasteiger partial charge in [-0.15, -0.1) is 0 Å². The van der Waals surface area contributed by atoms with Gasteiger partial charge in [0.25, 0.3) is 0 Å². The zero-order valence-corrected chi connectivity index (χ0v) is 13.2.